The molecule has 2 heterocycles. The second kappa shape index (κ2) is 3.10. The minimum absolute atomic E-state index is 0.0498. The zero-order valence-corrected chi connectivity index (χ0v) is 6.81. The van der Waals surface area contributed by atoms with E-state index < -0.39 is 0 Å². The van der Waals surface area contributed by atoms with E-state index in [0.717, 1.165) is 19.4 Å². The molecule has 0 radical (unpaired) electrons. The van der Waals surface area contributed by atoms with Crippen molar-refractivity contribution in [2.24, 2.45) is 0 Å². The summed E-state index contributed by atoms with van der Waals surface area (Å²) < 4.78 is 7.28. The van der Waals surface area contributed by atoms with Gasteiger partial charge >= 0.3 is 0 Å². The molecule has 2 N–H and O–H groups in total. The van der Waals surface area contributed by atoms with Crippen molar-refractivity contribution < 1.29 is 4.74 Å². The van der Waals surface area contributed by atoms with Crippen molar-refractivity contribution in [1.29, 1.82) is 0 Å². The highest BCUT2D eigenvalue weighted by Gasteiger charge is 2.17. The van der Waals surface area contributed by atoms with Gasteiger partial charge in [0, 0.05) is 6.61 Å². The lowest BCUT2D eigenvalue weighted by atomic mass is 10.2. The summed E-state index contributed by atoms with van der Waals surface area (Å²) in [7, 11) is 0. The number of hydrogen-bond acceptors (Lipinski definition) is 4. The fourth-order valence-electron chi connectivity index (χ4n) is 1.42. The Balaban J connectivity index is 2.13. The molecule has 1 aliphatic rings. The van der Waals surface area contributed by atoms with E-state index in [9.17, 15) is 0 Å². The van der Waals surface area contributed by atoms with Crippen molar-refractivity contribution >= 4 is 5.95 Å². The molecule has 0 spiro atoms. The molecule has 0 amide bonds. The van der Waals surface area contributed by atoms with Gasteiger partial charge < -0.3 is 10.5 Å². The molecule has 1 aromatic rings. The predicted octanol–water partition coefficient (Wildman–Crippen LogP) is 0.559. The number of nitrogens with zero attached hydrogens (tertiary/aromatic N) is 3. The van der Waals surface area contributed by atoms with Gasteiger partial charge in [0.1, 0.15) is 12.6 Å². The quantitative estimate of drug-likeness (QED) is 0.665. The highest BCUT2D eigenvalue weighted by molar-refractivity contribution is 5.13. The molecule has 0 bridgehead atoms. The van der Waals surface area contributed by atoms with Crippen molar-refractivity contribution in [1.82, 2.24) is 14.8 Å². The summed E-state index contributed by atoms with van der Waals surface area (Å²) in [6, 6.07) is 0. The maximum atomic E-state index is 5.58. The van der Waals surface area contributed by atoms with Crippen LogP contribution in [-0.2, 0) is 4.74 Å². The normalized spacial score (nSPS) is 24.2. The van der Waals surface area contributed by atoms with Crippen LogP contribution >= 0.6 is 0 Å². The minimum atomic E-state index is 0.0498. The van der Waals surface area contributed by atoms with Gasteiger partial charge in [-0.3, -0.25) is 4.57 Å². The topological polar surface area (TPSA) is 66.0 Å². The van der Waals surface area contributed by atoms with E-state index in [0.29, 0.717) is 5.95 Å². The Morgan fingerprint density at radius 2 is 2.50 bits per heavy atom. The zero-order valence-electron chi connectivity index (χ0n) is 6.81. The molecule has 66 valence electrons. The van der Waals surface area contributed by atoms with Gasteiger partial charge in [0.15, 0.2) is 0 Å². The summed E-state index contributed by atoms with van der Waals surface area (Å²) >= 11 is 0. The molecule has 1 fully saturated rings. The molecular weight excluding hydrogens is 156 g/mol. The third-order valence-corrected chi connectivity index (χ3v) is 2.07. The fraction of sp³-hybridized carbons (Fsp3) is 0.714. The second-order valence-corrected chi connectivity index (χ2v) is 2.92. The lowest BCUT2D eigenvalue weighted by Crippen LogP contribution is -2.18. The standard InChI is InChI=1S/C7H12N4O/c8-7-10-9-5-11(7)6-3-1-2-4-12-6/h5-6H,1-4H2,(H2,8,10). The van der Waals surface area contributed by atoms with Crippen LogP contribution in [0.1, 0.15) is 25.5 Å². The molecule has 0 saturated carbocycles. The number of hydrogen-bond donors (Lipinski definition) is 1. The van der Waals surface area contributed by atoms with Crippen LogP contribution in [0.5, 0.6) is 0 Å². The molecule has 1 aliphatic heterocycles. The number of ether oxygens (including phenoxy) is 1. The summed E-state index contributed by atoms with van der Waals surface area (Å²) in [5.41, 5.74) is 5.58. The van der Waals surface area contributed by atoms with Gasteiger partial charge in [0.2, 0.25) is 5.95 Å². The molecule has 5 heteroatoms. The summed E-state index contributed by atoms with van der Waals surface area (Å²) in [6.07, 6.45) is 4.99. The number of anilines is 1. The van der Waals surface area contributed by atoms with Gasteiger partial charge in [-0.2, -0.15) is 0 Å². The Hall–Kier alpha value is -1.10. The van der Waals surface area contributed by atoms with E-state index in [1.165, 1.54) is 6.42 Å². The van der Waals surface area contributed by atoms with Crippen LogP contribution in [0.25, 0.3) is 0 Å². The minimum Gasteiger partial charge on any atom is -0.368 e. The number of nitrogens with two attached hydrogens (primary N) is 1. The molecular formula is C7H12N4O. The van der Waals surface area contributed by atoms with Gasteiger partial charge in [0.25, 0.3) is 0 Å². The maximum Gasteiger partial charge on any atom is 0.223 e. The van der Waals surface area contributed by atoms with Gasteiger partial charge in [-0.1, -0.05) is 0 Å². The van der Waals surface area contributed by atoms with E-state index in [2.05, 4.69) is 10.2 Å². The average molecular weight is 168 g/mol. The molecule has 0 aromatic carbocycles. The molecule has 0 aliphatic carbocycles. The Morgan fingerprint density at radius 3 is 3.08 bits per heavy atom. The SMILES string of the molecule is Nc1nncn1C1CCCCO1. The lowest BCUT2D eigenvalue weighted by molar-refractivity contribution is -0.0308. The summed E-state index contributed by atoms with van der Waals surface area (Å²) in [5.74, 6) is 0.432. The van der Waals surface area contributed by atoms with Crippen LogP contribution < -0.4 is 5.73 Å². The van der Waals surface area contributed by atoms with Crippen molar-refractivity contribution in [3.8, 4) is 0 Å². The molecule has 1 atom stereocenters. The molecule has 2 rings (SSSR count). The molecule has 1 aromatic heterocycles. The van der Waals surface area contributed by atoms with Crippen LogP contribution in [0, 0.1) is 0 Å². The first-order valence-corrected chi connectivity index (χ1v) is 4.14. The van der Waals surface area contributed by atoms with Crippen LogP contribution in [0.3, 0.4) is 0 Å². The monoisotopic (exact) mass is 168 g/mol. The summed E-state index contributed by atoms with van der Waals surface area (Å²) in [4.78, 5) is 0. The first kappa shape index (κ1) is 7.54. The number of rotatable bonds is 1. The highest BCUT2D eigenvalue weighted by Crippen LogP contribution is 2.23. The van der Waals surface area contributed by atoms with Crippen LogP contribution in [0.4, 0.5) is 5.95 Å². The average Bonchev–Trinajstić information content (AvgIpc) is 2.53. The molecule has 5 nitrogen and oxygen atoms in total. The fourth-order valence-corrected chi connectivity index (χ4v) is 1.42. The Bertz CT molecular complexity index is 254. The smallest absolute Gasteiger partial charge is 0.223 e. The van der Waals surface area contributed by atoms with Crippen molar-refractivity contribution in [3.63, 3.8) is 0 Å². The van der Waals surface area contributed by atoms with Crippen molar-refractivity contribution in [3.05, 3.63) is 6.33 Å². The third kappa shape index (κ3) is 1.27. The Labute approximate surface area is 70.5 Å². The largest absolute Gasteiger partial charge is 0.368 e. The van der Waals surface area contributed by atoms with Gasteiger partial charge in [-0.05, 0) is 19.3 Å². The van der Waals surface area contributed by atoms with Crippen LogP contribution in [-0.4, -0.2) is 21.4 Å². The first-order valence-electron chi connectivity index (χ1n) is 4.14. The predicted molar refractivity (Wildman–Crippen MR) is 43.3 cm³/mol. The highest BCUT2D eigenvalue weighted by atomic mass is 16.5. The molecule has 1 unspecified atom stereocenters. The number of aromatic nitrogens is 3. The van der Waals surface area contributed by atoms with Gasteiger partial charge in [0.05, 0.1) is 0 Å². The van der Waals surface area contributed by atoms with E-state index in [-0.39, 0.29) is 6.23 Å². The van der Waals surface area contributed by atoms with E-state index in [1.807, 2.05) is 0 Å². The van der Waals surface area contributed by atoms with Gasteiger partial charge in [-0.25, -0.2) is 0 Å². The molecule has 12 heavy (non-hydrogen) atoms. The number of nitrogen functional groups attached to an aromatic ring is 1. The summed E-state index contributed by atoms with van der Waals surface area (Å²) in [5, 5.41) is 7.41. The van der Waals surface area contributed by atoms with Crippen LogP contribution in [0.2, 0.25) is 0 Å². The van der Waals surface area contributed by atoms with Crippen molar-refractivity contribution in [2.45, 2.75) is 25.5 Å². The summed E-state index contributed by atoms with van der Waals surface area (Å²) in [6.45, 7) is 0.808. The van der Waals surface area contributed by atoms with E-state index >= 15 is 0 Å². The Kier molecular flexibility index (Phi) is 1.95. The molecule has 1 saturated heterocycles. The van der Waals surface area contributed by atoms with Gasteiger partial charge in [-0.15, -0.1) is 10.2 Å². The Morgan fingerprint density at radius 1 is 1.58 bits per heavy atom. The van der Waals surface area contributed by atoms with Crippen molar-refractivity contribution in [2.75, 3.05) is 12.3 Å². The zero-order chi connectivity index (χ0) is 8.39. The third-order valence-electron chi connectivity index (χ3n) is 2.07. The first-order chi connectivity index (χ1) is 5.88. The van der Waals surface area contributed by atoms with E-state index in [4.69, 9.17) is 10.5 Å². The second-order valence-electron chi connectivity index (χ2n) is 2.92. The van der Waals surface area contributed by atoms with Crippen LogP contribution in [0.15, 0.2) is 6.33 Å². The van der Waals surface area contributed by atoms with E-state index in [1.54, 1.807) is 10.9 Å². The lowest BCUT2D eigenvalue weighted by Gasteiger charge is -2.23. The maximum absolute atomic E-state index is 5.58.